The van der Waals surface area contributed by atoms with Crippen molar-refractivity contribution in [3.63, 3.8) is 0 Å². The summed E-state index contributed by atoms with van der Waals surface area (Å²) < 4.78 is 0.925. The standard InChI is InChI=1S/C9H19I/c1-3-5-6-7-8-9(10)4-2/h9H,3-8H2,1-2H3/t9-/m1/s1. The van der Waals surface area contributed by atoms with Crippen LogP contribution in [0.5, 0.6) is 0 Å². The lowest BCUT2D eigenvalue weighted by atomic mass is 10.1. The van der Waals surface area contributed by atoms with Crippen LogP contribution in [-0.2, 0) is 0 Å². The molecule has 1 heteroatoms. The number of hydrogen-bond acceptors (Lipinski definition) is 0. The molecule has 10 heavy (non-hydrogen) atoms. The van der Waals surface area contributed by atoms with Crippen LogP contribution < -0.4 is 0 Å². The van der Waals surface area contributed by atoms with Crippen LogP contribution in [0.4, 0.5) is 0 Å². The number of halogens is 1. The van der Waals surface area contributed by atoms with Gasteiger partial charge in [-0.05, 0) is 12.8 Å². The van der Waals surface area contributed by atoms with Crippen molar-refractivity contribution >= 4 is 22.6 Å². The van der Waals surface area contributed by atoms with Crippen molar-refractivity contribution in [2.24, 2.45) is 0 Å². The third kappa shape index (κ3) is 6.84. The van der Waals surface area contributed by atoms with Crippen LogP contribution in [0.15, 0.2) is 0 Å². The van der Waals surface area contributed by atoms with Crippen LogP contribution in [0, 0.1) is 0 Å². The third-order valence-electron chi connectivity index (χ3n) is 1.81. The molecule has 0 aliphatic rings. The highest BCUT2D eigenvalue weighted by molar-refractivity contribution is 14.1. The first-order chi connectivity index (χ1) is 4.81. The second-order valence-electron chi connectivity index (χ2n) is 2.85. The van der Waals surface area contributed by atoms with Gasteiger partial charge >= 0.3 is 0 Å². The minimum absolute atomic E-state index is 0.925. The van der Waals surface area contributed by atoms with Gasteiger partial charge in [-0.3, -0.25) is 0 Å². The van der Waals surface area contributed by atoms with Gasteiger partial charge in [-0.15, -0.1) is 0 Å². The molecule has 0 heterocycles. The monoisotopic (exact) mass is 254 g/mol. The van der Waals surface area contributed by atoms with E-state index < -0.39 is 0 Å². The third-order valence-corrected chi connectivity index (χ3v) is 3.32. The van der Waals surface area contributed by atoms with E-state index in [0.717, 1.165) is 3.92 Å². The Morgan fingerprint density at radius 1 is 1.10 bits per heavy atom. The van der Waals surface area contributed by atoms with Crippen molar-refractivity contribution in [1.82, 2.24) is 0 Å². The quantitative estimate of drug-likeness (QED) is 0.379. The Morgan fingerprint density at radius 2 is 1.80 bits per heavy atom. The Labute approximate surface area is 78.9 Å². The van der Waals surface area contributed by atoms with Gasteiger partial charge in [0.05, 0.1) is 0 Å². The average molecular weight is 254 g/mol. The molecule has 62 valence electrons. The predicted octanol–water partition coefficient (Wildman–Crippen LogP) is 4.17. The largest absolute Gasteiger partial charge is 0.0826 e. The molecule has 1 atom stereocenters. The average Bonchev–Trinajstić information content (AvgIpc) is 1.98. The van der Waals surface area contributed by atoms with Crippen molar-refractivity contribution in [2.75, 3.05) is 0 Å². The van der Waals surface area contributed by atoms with Crippen LogP contribution in [0.3, 0.4) is 0 Å². The van der Waals surface area contributed by atoms with Crippen LogP contribution >= 0.6 is 22.6 Å². The number of hydrogen-bond donors (Lipinski definition) is 0. The number of rotatable bonds is 6. The molecule has 0 fully saturated rings. The molecule has 0 bridgehead atoms. The summed E-state index contributed by atoms with van der Waals surface area (Å²) in [6.07, 6.45) is 8.43. The molecule has 0 spiro atoms. The molecule has 0 saturated heterocycles. The van der Waals surface area contributed by atoms with Gasteiger partial charge in [-0.25, -0.2) is 0 Å². The molecule has 0 aromatic carbocycles. The molecule has 0 amide bonds. The van der Waals surface area contributed by atoms with Crippen molar-refractivity contribution < 1.29 is 0 Å². The fourth-order valence-electron chi connectivity index (χ4n) is 0.997. The first-order valence-electron chi connectivity index (χ1n) is 4.45. The van der Waals surface area contributed by atoms with Gasteiger partial charge in [-0.1, -0.05) is 62.1 Å². The van der Waals surface area contributed by atoms with Crippen LogP contribution in [0.25, 0.3) is 0 Å². The molecule has 0 aromatic rings. The highest BCUT2D eigenvalue weighted by Gasteiger charge is 1.98. The van der Waals surface area contributed by atoms with Crippen LogP contribution in [0.2, 0.25) is 0 Å². The van der Waals surface area contributed by atoms with E-state index in [2.05, 4.69) is 36.4 Å². The van der Waals surface area contributed by atoms with Gasteiger partial charge in [0.2, 0.25) is 0 Å². The minimum atomic E-state index is 0.925. The number of unbranched alkanes of at least 4 members (excludes halogenated alkanes) is 3. The van der Waals surface area contributed by atoms with Crippen molar-refractivity contribution in [2.45, 2.75) is 56.3 Å². The topological polar surface area (TPSA) is 0 Å². The van der Waals surface area contributed by atoms with Gasteiger partial charge in [0.15, 0.2) is 0 Å². The van der Waals surface area contributed by atoms with Gasteiger partial charge in [-0.2, -0.15) is 0 Å². The van der Waals surface area contributed by atoms with E-state index in [9.17, 15) is 0 Å². The van der Waals surface area contributed by atoms with Gasteiger partial charge in [0, 0.05) is 3.92 Å². The van der Waals surface area contributed by atoms with Gasteiger partial charge in [0.25, 0.3) is 0 Å². The van der Waals surface area contributed by atoms with Crippen molar-refractivity contribution in [1.29, 1.82) is 0 Å². The van der Waals surface area contributed by atoms with E-state index in [1.54, 1.807) is 0 Å². The van der Waals surface area contributed by atoms with Gasteiger partial charge in [0.1, 0.15) is 0 Å². The first-order valence-corrected chi connectivity index (χ1v) is 5.69. The maximum Gasteiger partial charge on any atom is 0.0107 e. The van der Waals surface area contributed by atoms with Crippen LogP contribution in [-0.4, -0.2) is 3.92 Å². The lowest BCUT2D eigenvalue weighted by Gasteiger charge is -2.04. The van der Waals surface area contributed by atoms with E-state index in [4.69, 9.17) is 0 Å². The molecule has 0 rings (SSSR count). The molecular formula is C9H19I. The Hall–Kier alpha value is 0.730. The maximum atomic E-state index is 2.56. The van der Waals surface area contributed by atoms with E-state index >= 15 is 0 Å². The fraction of sp³-hybridized carbons (Fsp3) is 1.00. The minimum Gasteiger partial charge on any atom is -0.0826 e. The summed E-state index contributed by atoms with van der Waals surface area (Å²) >= 11 is 2.56. The van der Waals surface area contributed by atoms with E-state index in [0.29, 0.717) is 0 Å². The van der Waals surface area contributed by atoms with E-state index in [1.807, 2.05) is 0 Å². The normalized spacial score (nSPS) is 13.5. The summed E-state index contributed by atoms with van der Waals surface area (Å²) in [7, 11) is 0. The van der Waals surface area contributed by atoms with Gasteiger partial charge < -0.3 is 0 Å². The Kier molecular flexibility index (Phi) is 8.40. The lowest BCUT2D eigenvalue weighted by Crippen LogP contribution is -1.93. The predicted molar refractivity (Wildman–Crippen MR) is 56.9 cm³/mol. The summed E-state index contributed by atoms with van der Waals surface area (Å²) in [4.78, 5) is 0. The molecule has 0 nitrogen and oxygen atoms in total. The fourth-order valence-corrected chi connectivity index (χ4v) is 1.44. The maximum absolute atomic E-state index is 2.56. The van der Waals surface area contributed by atoms with Crippen molar-refractivity contribution in [3.8, 4) is 0 Å². The zero-order valence-corrected chi connectivity index (χ0v) is 9.36. The second-order valence-corrected chi connectivity index (χ2v) is 4.62. The first kappa shape index (κ1) is 10.7. The lowest BCUT2D eigenvalue weighted by molar-refractivity contribution is 0.619. The molecular weight excluding hydrogens is 235 g/mol. The Bertz CT molecular complexity index is 61.7. The Balaban J connectivity index is 2.89. The van der Waals surface area contributed by atoms with Crippen LogP contribution in [0.1, 0.15) is 52.4 Å². The molecule has 0 unspecified atom stereocenters. The summed E-state index contributed by atoms with van der Waals surface area (Å²) in [6.45, 7) is 4.54. The molecule has 0 aliphatic heterocycles. The summed E-state index contributed by atoms with van der Waals surface area (Å²) in [5.41, 5.74) is 0. The van der Waals surface area contributed by atoms with Crippen molar-refractivity contribution in [3.05, 3.63) is 0 Å². The summed E-state index contributed by atoms with van der Waals surface area (Å²) in [5.74, 6) is 0. The smallest absolute Gasteiger partial charge is 0.0107 e. The zero-order chi connectivity index (χ0) is 7.82. The highest BCUT2D eigenvalue weighted by atomic mass is 127. The second kappa shape index (κ2) is 7.83. The Morgan fingerprint density at radius 3 is 2.30 bits per heavy atom. The summed E-state index contributed by atoms with van der Waals surface area (Å²) in [6, 6.07) is 0. The summed E-state index contributed by atoms with van der Waals surface area (Å²) in [5, 5.41) is 0. The molecule has 0 aliphatic carbocycles. The van der Waals surface area contributed by atoms with E-state index in [1.165, 1.54) is 38.5 Å². The molecule has 0 N–H and O–H groups in total. The zero-order valence-electron chi connectivity index (χ0n) is 7.20. The van der Waals surface area contributed by atoms with E-state index in [-0.39, 0.29) is 0 Å². The molecule has 0 radical (unpaired) electrons. The number of alkyl halides is 1. The highest BCUT2D eigenvalue weighted by Crippen LogP contribution is 2.14. The SMILES string of the molecule is CCCCCC[C@H](I)CC. The molecule has 0 aromatic heterocycles. The molecule has 0 saturated carbocycles.